The Morgan fingerprint density at radius 3 is 2.43 bits per heavy atom. The highest BCUT2D eigenvalue weighted by molar-refractivity contribution is 7.97. The lowest BCUT2D eigenvalue weighted by Gasteiger charge is -2.16. The van der Waals surface area contributed by atoms with Crippen molar-refractivity contribution >= 4 is 23.7 Å². The maximum Gasteiger partial charge on any atom is 0.329 e. The first-order valence-electron chi connectivity index (χ1n) is 9.96. The van der Waals surface area contributed by atoms with Crippen LogP contribution in [0.25, 0.3) is 0 Å². The summed E-state index contributed by atoms with van der Waals surface area (Å²) < 4.78 is 4.61. The smallest absolute Gasteiger partial charge is 0.329 e. The van der Waals surface area contributed by atoms with E-state index in [-0.39, 0.29) is 6.03 Å². The minimum Gasteiger partial charge on any atom is -0.390 e. The van der Waals surface area contributed by atoms with Crippen molar-refractivity contribution in [2.24, 2.45) is 7.05 Å². The molecule has 0 aliphatic heterocycles. The number of anilines is 1. The Morgan fingerprint density at radius 2 is 1.82 bits per heavy atom. The first-order chi connectivity index (χ1) is 13.3. The molecule has 2 aliphatic rings. The molecule has 4 rings (SSSR count). The number of rotatable bonds is 5. The largest absolute Gasteiger partial charge is 0.390 e. The van der Waals surface area contributed by atoms with Gasteiger partial charge in [0.05, 0.1) is 5.60 Å². The summed E-state index contributed by atoms with van der Waals surface area (Å²) in [6.07, 6.45) is 7.17. The molecule has 0 spiro atoms. The van der Waals surface area contributed by atoms with Crippen molar-refractivity contribution in [1.82, 2.24) is 14.5 Å². The van der Waals surface area contributed by atoms with Gasteiger partial charge in [-0.2, -0.15) is 5.10 Å². The molecular formula is C21H28N4O2S. The van der Waals surface area contributed by atoms with Crippen LogP contribution in [0.1, 0.15) is 54.6 Å². The molecule has 0 saturated heterocycles. The monoisotopic (exact) mass is 400 g/mol. The Labute approximate surface area is 170 Å². The third kappa shape index (κ3) is 4.05. The molecule has 1 aromatic heterocycles. The van der Waals surface area contributed by atoms with Gasteiger partial charge in [0.15, 0.2) is 0 Å². The first-order valence-corrected chi connectivity index (χ1v) is 10.8. The highest BCUT2D eigenvalue weighted by atomic mass is 32.2. The Bertz CT molecular complexity index is 882. The number of amides is 2. The van der Waals surface area contributed by atoms with Gasteiger partial charge in [0, 0.05) is 36.8 Å². The molecule has 1 heterocycles. The van der Waals surface area contributed by atoms with E-state index in [9.17, 15) is 9.90 Å². The van der Waals surface area contributed by atoms with Crippen molar-refractivity contribution in [2.45, 2.75) is 69.4 Å². The molecule has 2 aliphatic carbocycles. The molecule has 0 fully saturated rings. The minimum atomic E-state index is -0.797. The van der Waals surface area contributed by atoms with Gasteiger partial charge in [-0.25, -0.2) is 4.79 Å². The van der Waals surface area contributed by atoms with Gasteiger partial charge in [-0.15, -0.1) is 0 Å². The second kappa shape index (κ2) is 7.44. The minimum absolute atomic E-state index is 0.214. The van der Waals surface area contributed by atoms with Crippen molar-refractivity contribution in [3.8, 4) is 0 Å². The van der Waals surface area contributed by atoms with Crippen LogP contribution in [0.2, 0.25) is 0 Å². The molecule has 7 heteroatoms. The molecule has 0 atom stereocenters. The number of carbonyl (C=O) groups excluding carboxylic acids is 1. The van der Waals surface area contributed by atoms with Crippen LogP contribution in [-0.4, -0.2) is 26.5 Å². The second-order valence-electron chi connectivity index (χ2n) is 8.48. The molecule has 150 valence electrons. The Hall–Kier alpha value is -1.99. The summed E-state index contributed by atoms with van der Waals surface area (Å²) in [5.41, 5.74) is 6.64. The average molecular weight is 401 g/mol. The predicted octanol–water partition coefficient (Wildman–Crippen LogP) is 3.54. The maximum atomic E-state index is 12.6. The standard InChI is InChI=1S/C21H28N4O2S/c1-21(2,27)12-15-11-18(23-25(15)3)28-24-20(26)22-19-16-8-4-6-13(16)10-14-7-5-9-17(14)19/h10-11,27H,4-9,12H2,1-3H3,(H2,22,24,26). The quantitative estimate of drug-likeness (QED) is 0.671. The molecule has 6 nitrogen and oxygen atoms in total. The molecule has 0 saturated carbocycles. The molecule has 28 heavy (non-hydrogen) atoms. The lowest BCUT2D eigenvalue weighted by atomic mass is 9.99. The number of carbonyl (C=O) groups is 1. The Kier molecular flexibility index (Phi) is 5.14. The predicted molar refractivity (Wildman–Crippen MR) is 112 cm³/mol. The van der Waals surface area contributed by atoms with E-state index in [0.29, 0.717) is 11.4 Å². The summed E-state index contributed by atoms with van der Waals surface area (Å²) in [4.78, 5) is 12.6. The molecule has 1 aromatic carbocycles. The van der Waals surface area contributed by atoms with Crippen molar-refractivity contribution in [3.63, 3.8) is 0 Å². The van der Waals surface area contributed by atoms with Crippen LogP contribution in [0.5, 0.6) is 0 Å². The molecule has 0 radical (unpaired) electrons. The van der Waals surface area contributed by atoms with E-state index in [0.717, 1.165) is 37.1 Å². The number of aryl methyl sites for hydroxylation is 3. The number of hydrogen-bond acceptors (Lipinski definition) is 4. The molecule has 2 aromatic rings. The fraction of sp³-hybridized carbons (Fsp3) is 0.524. The molecule has 0 bridgehead atoms. The van der Waals surface area contributed by atoms with Gasteiger partial charge in [-0.3, -0.25) is 9.40 Å². The third-order valence-corrected chi connectivity index (χ3v) is 6.22. The van der Waals surface area contributed by atoms with E-state index >= 15 is 0 Å². The number of hydrogen-bond donors (Lipinski definition) is 3. The second-order valence-corrected chi connectivity index (χ2v) is 9.31. The van der Waals surface area contributed by atoms with E-state index in [1.807, 2.05) is 13.1 Å². The zero-order valence-electron chi connectivity index (χ0n) is 16.8. The lowest BCUT2D eigenvalue weighted by Crippen LogP contribution is -2.24. The van der Waals surface area contributed by atoms with E-state index in [4.69, 9.17) is 0 Å². The zero-order valence-corrected chi connectivity index (χ0v) is 17.6. The topological polar surface area (TPSA) is 79.2 Å². The Balaban J connectivity index is 1.43. The summed E-state index contributed by atoms with van der Waals surface area (Å²) >= 11 is 1.20. The highest BCUT2D eigenvalue weighted by Gasteiger charge is 2.25. The van der Waals surface area contributed by atoms with Gasteiger partial charge >= 0.3 is 6.03 Å². The number of aliphatic hydroxyl groups is 1. The van der Waals surface area contributed by atoms with Gasteiger partial charge in [0.2, 0.25) is 0 Å². The van der Waals surface area contributed by atoms with Gasteiger partial charge in [0.25, 0.3) is 0 Å². The number of nitrogens with one attached hydrogen (secondary N) is 2. The third-order valence-electron chi connectivity index (χ3n) is 5.53. The SMILES string of the molecule is Cn1nc(SNC(=O)Nc2c3c(cc4c2CCC4)CCC3)cc1CC(C)(C)O. The van der Waals surface area contributed by atoms with Crippen molar-refractivity contribution < 1.29 is 9.90 Å². The molecule has 0 unspecified atom stereocenters. The van der Waals surface area contributed by atoms with Crippen LogP contribution in [0.15, 0.2) is 17.2 Å². The normalized spacial score (nSPS) is 15.4. The van der Waals surface area contributed by atoms with Gasteiger partial charge in [-0.05, 0) is 80.7 Å². The van der Waals surface area contributed by atoms with E-state index in [2.05, 4.69) is 21.2 Å². The number of aromatic nitrogens is 2. The average Bonchev–Trinajstić information content (AvgIpc) is 3.32. The van der Waals surface area contributed by atoms with Crippen molar-refractivity contribution in [3.05, 3.63) is 40.1 Å². The number of urea groups is 1. The summed E-state index contributed by atoms with van der Waals surface area (Å²) in [7, 11) is 1.85. The van der Waals surface area contributed by atoms with Crippen LogP contribution in [0.3, 0.4) is 0 Å². The number of nitrogens with zero attached hydrogens (tertiary/aromatic N) is 2. The van der Waals surface area contributed by atoms with Crippen molar-refractivity contribution in [1.29, 1.82) is 0 Å². The van der Waals surface area contributed by atoms with Gasteiger partial charge in [0.1, 0.15) is 5.03 Å². The van der Waals surface area contributed by atoms with E-state index in [1.54, 1.807) is 18.5 Å². The van der Waals surface area contributed by atoms with E-state index in [1.165, 1.54) is 47.0 Å². The highest BCUT2D eigenvalue weighted by Crippen LogP contribution is 2.38. The zero-order chi connectivity index (χ0) is 19.9. The fourth-order valence-electron chi connectivity index (χ4n) is 4.34. The lowest BCUT2D eigenvalue weighted by molar-refractivity contribution is 0.0789. The summed E-state index contributed by atoms with van der Waals surface area (Å²) in [5.74, 6) is 0. The molecule has 3 N–H and O–H groups in total. The van der Waals surface area contributed by atoms with Crippen LogP contribution in [-0.2, 0) is 39.2 Å². The van der Waals surface area contributed by atoms with Crippen LogP contribution in [0, 0.1) is 0 Å². The van der Waals surface area contributed by atoms with Crippen LogP contribution in [0.4, 0.5) is 10.5 Å². The van der Waals surface area contributed by atoms with Crippen LogP contribution >= 0.6 is 11.9 Å². The van der Waals surface area contributed by atoms with Gasteiger partial charge < -0.3 is 10.4 Å². The van der Waals surface area contributed by atoms with E-state index < -0.39 is 5.60 Å². The number of fused-ring (bicyclic) bond motifs is 2. The number of benzene rings is 1. The summed E-state index contributed by atoms with van der Waals surface area (Å²) in [6.45, 7) is 3.55. The van der Waals surface area contributed by atoms with Gasteiger partial charge in [-0.1, -0.05) is 6.07 Å². The van der Waals surface area contributed by atoms with Crippen molar-refractivity contribution in [2.75, 3.05) is 5.32 Å². The summed E-state index contributed by atoms with van der Waals surface area (Å²) in [6, 6.07) is 4.05. The van der Waals surface area contributed by atoms with Crippen LogP contribution < -0.4 is 10.0 Å². The first kappa shape index (κ1) is 19.3. The fourth-order valence-corrected chi connectivity index (χ4v) is 4.95. The maximum absolute atomic E-state index is 12.6. The molecular weight excluding hydrogens is 372 g/mol. The summed E-state index contributed by atoms with van der Waals surface area (Å²) in [5, 5.41) is 18.3. The molecule has 2 amide bonds. The Morgan fingerprint density at radius 1 is 1.18 bits per heavy atom.